The molecule has 0 aliphatic rings. The number of carbonyl (C=O) groups is 1. The van der Waals surface area contributed by atoms with Crippen LogP contribution < -0.4 is 5.73 Å². The highest BCUT2D eigenvalue weighted by atomic mass is 79.9. The second-order valence-electron chi connectivity index (χ2n) is 1.76. The highest BCUT2D eigenvalue weighted by molar-refractivity contribution is 9.08. The van der Waals surface area contributed by atoms with Gasteiger partial charge in [0.05, 0.1) is 5.33 Å². The van der Waals surface area contributed by atoms with Crippen LogP contribution in [0, 0.1) is 0 Å². The first kappa shape index (κ1) is 7.34. The topological polar surface area (TPSA) is 56.2 Å². The Morgan fingerprint density at radius 3 is 2.70 bits per heavy atom. The molecule has 0 saturated carbocycles. The van der Waals surface area contributed by atoms with Gasteiger partial charge >= 0.3 is 0 Å². The molecule has 3 nitrogen and oxygen atoms in total. The molecule has 0 aliphatic heterocycles. The van der Waals surface area contributed by atoms with Gasteiger partial charge in [-0.2, -0.15) is 0 Å². The Morgan fingerprint density at radius 2 is 2.40 bits per heavy atom. The van der Waals surface area contributed by atoms with Crippen molar-refractivity contribution in [1.82, 2.24) is 0 Å². The SMILES string of the molecule is NC(=O)c1ccc(CBr)o1. The number of furan rings is 1. The molecule has 0 spiro atoms. The van der Waals surface area contributed by atoms with Crippen LogP contribution in [0.25, 0.3) is 0 Å². The molecule has 2 N–H and O–H groups in total. The number of halogens is 1. The fraction of sp³-hybridized carbons (Fsp3) is 0.167. The van der Waals surface area contributed by atoms with Gasteiger partial charge < -0.3 is 10.2 Å². The molecule has 1 aromatic rings. The van der Waals surface area contributed by atoms with Crippen LogP contribution in [0.4, 0.5) is 0 Å². The molecule has 10 heavy (non-hydrogen) atoms. The summed E-state index contributed by atoms with van der Waals surface area (Å²) in [7, 11) is 0. The number of hydrogen-bond donors (Lipinski definition) is 1. The zero-order valence-corrected chi connectivity index (χ0v) is 6.72. The molecule has 0 aliphatic carbocycles. The predicted octanol–water partition coefficient (Wildman–Crippen LogP) is 1.27. The molecule has 1 rings (SSSR count). The van der Waals surface area contributed by atoms with Gasteiger partial charge in [0.15, 0.2) is 5.76 Å². The van der Waals surface area contributed by atoms with E-state index in [1.165, 1.54) is 0 Å². The van der Waals surface area contributed by atoms with Crippen molar-refractivity contribution in [1.29, 1.82) is 0 Å². The van der Waals surface area contributed by atoms with Crippen molar-refractivity contribution in [2.75, 3.05) is 0 Å². The third-order valence-electron chi connectivity index (χ3n) is 1.04. The molecule has 0 bridgehead atoms. The van der Waals surface area contributed by atoms with Gasteiger partial charge in [0.1, 0.15) is 5.76 Å². The van der Waals surface area contributed by atoms with E-state index in [-0.39, 0.29) is 5.76 Å². The standard InChI is InChI=1S/C6H6BrNO2/c7-3-4-1-2-5(10-4)6(8)9/h1-2H,3H2,(H2,8,9). The molecule has 0 unspecified atom stereocenters. The molecular weight excluding hydrogens is 198 g/mol. The molecule has 4 heteroatoms. The molecule has 54 valence electrons. The number of nitrogens with two attached hydrogens (primary N) is 1. The van der Waals surface area contributed by atoms with Crippen molar-refractivity contribution in [2.24, 2.45) is 5.73 Å². The first-order chi connectivity index (χ1) is 4.74. The Balaban J connectivity index is 2.88. The average molecular weight is 204 g/mol. The summed E-state index contributed by atoms with van der Waals surface area (Å²) in [4.78, 5) is 10.4. The van der Waals surface area contributed by atoms with Gasteiger partial charge in [-0.1, -0.05) is 15.9 Å². The third-order valence-corrected chi connectivity index (χ3v) is 1.59. The maximum atomic E-state index is 10.4. The molecule has 1 heterocycles. The van der Waals surface area contributed by atoms with E-state index in [9.17, 15) is 4.79 Å². The van der Waals surface area contributed by atoms with Gasteiger partial charge in [0, 0.05) is 0 Å². The predicted molar refractivity (Wildman–Crippen MR) is 39.9 cm³/mol. The number of primary amides is 1. The number of amides is 1. The van der Waals surface area contributed by atoms with Crippen LogP contribution in [-0.2, 0) is 5.33 Å². The maximum absolute atomic E-state index is 10.4. The smallest absolute Gasteiger partial charge is 0.284 e. The summed E-state index contributed by atoms with van der Waals surface area (Å²) in [5.74, 6) is 0.371. The van der Waals surface area contributed by atoms with Crippen LogP contribution in [0.5, 0.6) is 0 Å². The molecule has 0 fully saturated rings. The van der Waals surface area contributed by atoms with Crippen LogP contribution in [0.1, 0.15) is 16.3 Å². The third kappa shape index (κ3) is 1.39. The lowest BCUT2D eigenvalue weighted by molar-refractivity contribution is 0.0972. The van der Waals surface area contributed by atoms with Crippen LogP contribution in [0.3, 0.4) is 0 Å². The van der Waals surface area contributed by atoms with E-state index in [2.05, 4.69) is 15.9 Å². The Bertz CT molecular complexity index is 244. The minimum atomic E-state index is -0.535. The monoisotopic (exact) mass is 203 g/mol. The normalized spacial score (nSPS) is 9.70. The van der Waals surface area contributed by atoms with E-state index < -0.39 is 5.91 Å². The van der Waals surface area contributed by atoms with Gasteiger partial charge in [-0.15, -0.1) is 0 Å². The number of hydrogen-bond acceptors (Lipinski definition) is 2. The van der Waals surface area contributed by atoms with Crippen molar-refractivity contribution in [3.8, 4) is 0 Å². The largest absolute Gasteiger partial charge is 0.455 e. The highest BCUT2D eigenvalue weighted by Gasteiger charge is 2.04. The minimum absolute atomic E-state index is 0.203. The molecule has 1 aromatic heterocycles. The molecule has 0 radical (unpaired) electrons. The summed E-state index contributed by atoms with van der Waals surface area (Å²) in [6.45, 7) is 0. The van der Waals surface area contributed by atoms with Crippen LogP contribution in [0.15, 0.2) is 16.5 Å². The summed E-state index contributed by atoms with van der Waals surface area (Å²) in [5, 5.41) is 0.598. The Labute approximate surface area is 66.3 Å². The summed E-state index contributed by atoms with van der Waals surface area (Å²) in [6.07, 6.45) is 0. The Morgan fingerprint density at radius 1 is 1.70 bits per heavy atom. The van der Waals surface area contributed by atoms with E-state index >= 15 is 0 Å². The molecule has 0 aromatic carbocycles. The second-order valence-corrected chi connectivity index (χ2v) is 2.32. The fourth-order valence-corrected chi connectivity index (χ4v) is 0.884. The first-order valence-electron chi connectivity index (χ1n) is 2.68. The summed E-state index contributed by atoms with van der Waals surface area (Å²) < 4.78 is 4.97. The Hall–Kier alpha value is -0.770. The lowest BCUT2D eigenvalue weighted by Crippen LogP contribution is -2.09. The van der Waals surface area contributed by atoms with E-state index in [0.717, 1.165) is 0 Å². The quantitative estimate of drug-likeness (QED) is 0.737. The Kier molecular flexibility index (Phi) is 2.11. The van der Waals surface area contributed by atoms with Crippen molar-refractivity contribution < 1.29 is 9.21 Å². The van der Waals surface area contributed by atoms with E-state index in [1.54, 1.807) is 12.1 Å². The summed E-state index contributed by atoms with van der Waals surface area (Å²) in [5.41, 5.74) is 4.93. The molecule has 1 amide bonds. The van der Waals surface area contributed by atoms with E-state index in [4.69, 9.17) is 10.2 Å². The minimum Gasteiger partial charge on any atom is -0.455 e. The van der Waals surface area contributed by atoms with Crippen molar-refractivity contribution in [3.63, 3.8) is 0 Å². The number of rotatable bonds is 2. The average Bonchev–Trinajstić information content (AvgIpc) is 2.34. The van der Waals surface area contributed by atoms with Gasteiger partial charge in [0.2, 0.25) is 0 Å². The van der Waals surface area contributed by atoms with Crippen molar-refractivity contribution in [2.45, 2.75) is 5.33 Å². The lowest BCUT2D eigenvalue weighted by Gasteiger charge is -1.85. The van der Waals surface area contributed by atoms with Gasteiger partial charge in [-0.25, -0.2) is 0 Å². The summed E-state index contributed by atoms with van der Waals surface area (Å²) >= 11 is 3.17. The van der Waals surface area contributed by atoms with E-state index in [0.29, 0.717) is 11.1 Å². The lowest BCUT2D eigenvalue weighted by atomic mass is 10.4. The second kappa shape index (κ2) is 2.88. The van der Waals surface area contributed by atoms with E-state index in [1.807, 2.05) is 0 Å². The molecular formula is C6H6BrNO2. The van der Waals surface area contributed by atoms with Crippen LogP contribution in [0.2, 0.25) is 0 Å². The fourth-order valence-electron chi connectivity index (χ4n) is 0.582. The van der Waals surface area contributed by atoms with Crippen molar-refractivity contribution in [3.05, 3.63) is 23.7 Å². The van der Waals surface area contributed by atoms with Gasteiger partial charge in [0.25, 0.3) is 5.91 Å². The number of carbonyl (C=O) groups excluding carboxylic acids is 1. The highest BCUT2D eigenvalue weighted by Crippen LogP contribution is 2.09. The molecule has 0 saturated heterocycles. The summed E-state index contributed by atoms with van der Waals surface area (Å²) in [6, 6.07) is 3.26. The zero-order valence-electron chi connectivity index (χ0n) is 5.13. The van der Waals surface area contributed by atoms with Crippen LogP contribution >= 0.6 is 15.9 Å². The van der Waals surface area contributed by atoms with Gasteiger partial charge in [-0.3, -0.25) is 4.79 Å². The number of alkyl halides is 1. The molecule has 0 atom stereocenters. The van der Waals surface area contributed by atoms with Gasteiger partial charge in [-0.05, 0) is 12.1 Å². The van der Waals surface area contributed by atoms with Crippen LogP contribution in [-0.4, -0.2) is 5.91 Å². The maximum Gasteiger partial charge on any atom is 0.284 e. The first-order valence-corrected chi connectivity index (χ1v) is 3.80. The van der Waals surface area contributed by atoms with Crippen molar-refractivity contribution >= 4 is 21.8 Å². The zero-order chi connectivity index (χ0) is 7.56.